The Morgan fingerprint density at radius 1 is 0.864 bits per heavy atom. The zero-order valence-electron chi connectivity index (χ0n) is 14.7. The van der Waals surface area contributed by atoms with Gasteiger partial charge in [0.1, 0.15) is 0 Å². The molecule has 0 atom stereocenters. The van der Waals surface area contributed by atoms with Crippen molar-refractivity contribution in [1.29, 1.82) is 0 Å². The van der Waals surface area contributed by atoms with Crippen molar-refractivity contribution in [1.82, 2.24) is 10.2 Å². The second kappa shape index (κ2) is 9.97. The molecule has 2 heteroatoms. The number of aryl methyl sites for hydroxylation is 1. The first-order valence-electron chi connectivity index (χ1n) is 9.66. The zero-order chi connectivity index (χ0) is 15.6. The number of aromatic nitrogens is 2. The van der Waals surface area contributed by atoms with Gasteiger partial charge in [-0.2, -0.15) is 10.2 Å². The molecule has 2 nitrogen and oxygen atoms in total. The fourth-order valence-corrected chi connectivity index (χ4v) is 3.79. The molecule has 1 aromatic heterocycles. The largest absolute Gasteiger partial charge is 0.155 e. The van der Waals surface area contributed by atoms with Crippen LogP contribution >= 0.6 is 0 Å². The van der Waals surface area contributed by atoms with Gasteiger partial charge in [0, 0.05) is 5.92 Å². The lowest BCUT2D eigenvalue weighted by Crippen LogP contribution is -2.14. The van der Waals surface area contributed by atoms with Crippen LogP contribution in [-0.2, 0) is 6.42 Å². The Morgan fingerprint density at radius 3 is 2.27 bits per heavy atom. The lowest BCUT2D eigenvalue weighted by atomic mass is 9.79. The van der Waals surface area contributed by atoms with Crippen molar-refractivity contribution in [2.75, 3.05) is 0 Å². The minimum atomic E-state index is 0.666. The summed E-state index contributed by atoms with van der Waals surface area (Å²) < 4.78 is 0. The van der Waals surface area contributed by atoms with Crippen LogP contribution in [0.25, 0.3) is 0 Å². The molecule has 124 valence electrons. The van der Waals surface area contributed by atoms with Crippen molar-refractivity contribution >= 4 is 0 Å². The third-order valence-electron chi connectivity index (χ3n) is 5.24. The van der Waals surface area contributed by atoms with Gasteiger partial charge < -0.3 is 0 Å². The maximum absolute atomic E-state index is 4.54. The number of hydrogen-bond acceptors (Lipinski definition) is 2. The van der Waals surface area contributed by atoms with Crippen LogP contribution in [0.1, 0.15) is 102 Å². The van der Waals surface area contributed by atoms with E-state index in [4.69, 9.17) is 0 Å². The number of nitrogens with zero attached hydrogens (tertiary/aromatic N) is 2. The summed E-state index contributed by atoms with van der Waals surface area (Å²) in [5.41, 5.74) is 2.42. The summed E-state index contributed by atoms with van der Waals surface area (Å²) in [6.45, 7) is 4.57. The predicted molar refractivity (Wildman–Crippen MR) is 94.1 cm³/mol. The number of hydrogen-bond donors (Lipinski definition) is 0. The van der Waals surface area contributed by atoms with Gasteiger partial charge in [-0.15, -0.1) is 0 Å². The lowest BCUT2D eigenvalue weighted by molar-refractivity contribution is 0.304. The second-order valence-electron chi connectivity index (χ2n) is 7.12. The Kier molecular flexibility index (Phi) is 7.90. The van der Waals surface area contributed by atoms with Crippen molar-refractivity contribution in [3.8, 4) is 0 Å². The van der Waals surface area contributed by atoms with Crippen LogP contribution in [-0.4, -0.2) is 10.2 Å². The van der Waals surface area contributed by atoms with Crippen molar-refractivity contribution in [2.24, 2.45) is 5.92 Å². The zero-order valence-corrected chi connectivity index (χ0v) is 14.7. The quantitative estimate of drug-likeness (QED) is 0.518. The first-order chi connectivity index (χ1) is 10.8. The fourth-order valence-electron chi connectivity index (χ4n) is 3.79. The van der Waals surface area contributed by atoms with Gasteiger partial charge in [-0.3, -0.25) is 0 Å². The van der Waals surface area contributed by atoms with Gasteiger partial charge in [0.25, 0.3) is 0 Å². The van der Waals surface area contributed by atoms with E-state index in [2.05, 4.69) is 36.2 Å². The van der Waals surface area contributed by atoms with E-state index in [1.165, 1.54) is 82.0 Å². The van der Waals surface area contributed by atoms with Crippen LogP contribution in [0, 0.1) is 5.92 Å². The van der Waals surface area contributed by atoms with Crippen LogP contribution < -0.4 is 0 Å². The highest BCUT2D eigenvalue weighted by Gasteiger charge is 2.22. The Bertz CT molecular complexity index is 391. The maximum atomic E-state index is 4.54. The molecule has 1 fully saturated rings. The summed E-state index contributed by atoms with van der Waals surface area (Å²) in [5.74, 6) is 1.64. The third-order valence-corrected chi connectivity index (χ3v) is 5.24. The molecule has 0 aliphatic heterocycles. The SMILES string of the molecule is CCCCCCCc1ccc([C@H]2CC[C@H](CCC)CC2)nn1. The molecule has 0 bridgehead atoms. The molecule has 22 heavy (non-hydrogen) atoms. The normalized spacial score (nSPS) is 21.9. The Hall–Kier alpha value is -0.920. The molecule has 1 aliphatic carbocycles. The first kappa shape index (κ1) is 17.4. The first-order valence-corrected chi connectivity index (χ1v) is 9.66. The van der Waals surface area contributed by atoms with Gasteiger partial charge in [0.2, 0.25) is 0 Å². The Balaban J connectivity index is 1.72. The highest BCUT2D eigenvalue weighted by molar-refractivity contribution is 5.12. The van der Waals surface area contributed by atoms with Crippen LogP contribution in [0.3, 0.4) is 0 Å². The smallest absolute Gasteiger partial charge is 0.0662 e. The van der Waals surface area contributed by atoms with Gasteiger partial charge in [-0.1, -0.05) is 52.4 Å². The van der Waals surface area contributed by atoms with E-state index in [9.17, 15) is 0 Å². The van der Waals surface area contributed by atoms with Crippen LogP contribution in [0.15, 0.2) is 12.1 Å². The van der Waals surface area contributed by atoms with Crippen molar-refractivity contribution in [3.63, 3.8) is 0 Å². The van der Waals surface area contributed by atoms with E-state index in [0.29, 0.717) is 5.92 Å². The van der Waals surface area contributed by atoms with Crippen molar-refractivity contribution in [2.45, 2.75) is 96.8 Å². The van der Waals surface area contributed by atoms with E-state index in [0.717, 1.165) is 12.3 Å². The van der Waals surface area contributed by atoms with E-state index in [1.807, 2.05) is 0 Å². The van der Waals surface area contributed by atoms with Crippen LogP contribution in [0.5, 0.6) is 0 Å². The number of rotatable bonds is 9. The standard InChI is InChI=1S/C20H34N2/c1-3-5-6-7-8-10-19-15-16-20(22-21-19)18-13-11-17(9-4-2)12-14-18/h15-18H,3-14H2,1-2H3/t17-,18-. The molecular weight excluding hydrogens is 268 g/mol. The Morgan fingerprint density at radius 2 is 1.64 bits per heavy atom. The van der Waals surface area contributed by atoms with E-state index < -0.39 is 0 Å². The van der Waals surface area contributed by atoms with Gasteiger partial charge in [-0.05, 0) is 56.6 Å². The topological polar surface area (TPSA) is 25.8 Å². The lowest BCUT2D eigenvalue weighted by Gasteiger charge is -2.27. The van der Waals surface area contributed by atoms with Crippen molar-refractivity contribution < 1.29 is 0 Å². The molecule has 0 spiro atoms. The summed E-state index contributed by atoms with van der Waals surface area (Å²) in [4.78, 5) is 0. The highest BCUT2D eigenvalue weighted by atomic mass is 15.1. The monoisotopic (exact) mass is 302 g/mol. The minimum Gasteiger partial charge on any atom is -0.155 e. The van der Waals surface area contributed by atoms with Gasteiger partial charge in [0.05, 0.1) is 11.4 Å². The molecule has 1 heterocycles. The minimum absolute atomic E-state index is 0.666. The third kappa shape index (κ3) is 5.70. The molecule has 1 aromatic rings. The maximum Gasteiger partial charge on any atom is 0.0662 e. The van der Waals surface area contributed by atoms with Crippen LogP contribution in [0.4, 0.5) is 0 Å². The average Bonchev–Trinajstić information content (AvgIpc) is 2.56. The molecule has 2 rings (SSSR count). The summed E-state index contributed by atoms with van der Waals surface area (Å²) in [6.07, 6.45) is 15.9. The summed E-state index contributed by atoms with van der Waals surface area (Å²) in [6, 6.07) is 4.47. The Labute approximate surface area is 137 Å². The van der Waals surface area contributed by atoms with Gasteiger partial charge in [0.15, 0.2) is 0 Å². The molecule has 0 aromatic carbocycles. The van der Waals surface area contributed by atoms with E-state index in [-0.39, 0.29) is 0 Å². The van der Waals surface area contributed by atoms with Crippen LogP contribution in [0.2, 0.25) is 0 Å². The van der Waals surface area contributed by atoms with Crippen molar-refractivity contribution in [3.05, 3.63) is 23.5 Å². The van der Waals surface area contributed by atoms with E-state index >= 15 is 0 Å². The number of unbranched alkanes of at least 4 members (excludes halogenated alkanes) is 4. The summed E-state index contributed by atoms with van der Waals surface area (Å²) >= 11 is 0. The van der Waals surface area contributed by atoms with Gasteiger partial charge in [-0.25, -0.2) is 0 Å². The van der Waals surface area contributed by atoms with Gasteiger partial charge >= 0.3 is 0 Å². The molecule has 1 saturated carbocycles. The molecule has 1 aliphatic rings. The van der Waals surface area contributed by atoms with E-state index in [1.54, 1.807) is 0 Å². The fraction of sp³-hybridized carbons (Fsp3) is 0.800. The molecule has 0 unspecified atom stereocenters. The molecule has 0 radical (unpaired) electrons. The average molecular weight is 303 g/mol. The summed E-state index contributed by atoms with van der Waals surface area (Å²) in [5, 5.41) is 9.02. The summed E-state index contributed by atoms with van der Waals surface area (Å²) in [7, 11) is 0. The predicted octanol–water partition coefficient (Wildman–Crippen LogP) is 6.06. The second-order valence-corrected chi connectivity index (χ2v) is 7.12. The molecular formula is C20H34N2. The molecule has 0 amide bonds. The molecule has 0 saturated heterocycles. The molecule has 0 N–H and O–H groups in total. The highest BCUT2D eigenvalue weighted by Crippen LogP contribution is 2.36.